The Morgan fingerprint density at radius 3 is 1.14 bits per heavy atom. The largest absolute Gasteiger partial charge is 0.390 e. The van der Waals surface area contributed by atoms with Crippen LogP contribution in [0, 0.1) is 5.41 Å². The summed E-state index contributed by atoms with van der Waals surface area (Å²) in [7, 11) is 0. The zero-order chi connectivity index (χ0) is 17.0. The highest BCUT2D eigenvalue weighted by molar-refractivity contribution is 6.78. The molecule has 0 spiro atoms. The van der Waals surface area contributed by atoms with Gasteiger partial charge < -0.3 is 5.11 Å². The normalized spacial score (nSPS) is 78.0. The van der Waals surface area contributed by atoms with Crippen LogP contribution < -0.4 is 0 Å². The number of aliphatic hydroxyl groups is 1. The molecular formula is C12H7Cl9O. The minimum absolute atomic E-state index is 1.28. The summed E-state index contributed by atoms with van der Waals surface area (Å²) >= 11 is 60.8. The van der Waals surface area contributed by atoms with Gasteiger partial charge in [0.15, 0.2) is 4.33 Å². The van der Waals surface area contributed by atoms with E-state index in [-0.39, 0.29) is 0 Å². The quantitative estimate of drug-likeness (QED) is 0.527. The molecule has 1 N–H and O–H groups in total. The zero-order valence-corrected chi connectivity index (χ0v) is 17.7. The van der Waals surface area contributed by atoms with Gasteiger partial charge in [-0.3, -0.25) is 0 Å². The molecule has 0 amide bonds. The Morgan fingerprint density at radius 2 is 0.818 bits per heavy atom. The van der Waals surface area contributed by atoms with E-state index in [1.165, 1.54) is 0 Å². The van der Waals surface area contributed by atoms with Crippen molar-refractivity contribution in [3.05, 3.63) is 0 Å². The molecule has 0 radical (unpaired) electrons. The van der Waals surface area contributed by atoms with Crippen molar-refractivity contribution >= 4 is 104 Å². The summed E-state index contributed by atoms with van der Waals surface area (Å²) in [6, 6.07) is 0. The van der Waals surface area contributed by atoms with Gasteiger partial charge in [0, 0.05) is 0 Å². The monoisotopic (exact) mass is 482 g/mol. The first-order valence-electron chi connectivity index (χ1n) is 6.42. The van der Waals surface area contributed by atoms with Gasteiger partial charge in [-0.25, -0.2) is 0 Å². The van der Waals surface area contributed by atoms with Crippen LogP contribution >= 0.6 is 104 Å². The molecule has 22 heavy (non-hydrogen) atoms. The smallest absolute Gasteiger partial charge is 0.163 e. The summed E-state index contributed by atoms with van der Waals surface area (Å²) in [6.45, 7) is 3.08. The highest BCUT2D eigenvalue weighted by Gasteiger charge is 3.37. The van der Waals surface area contributed by atoms with Crippen molar-refractivity contribution < 1.29 is 5.11 Å². The van der Waals surface area contributed by atoms with E-state index < -0.39 is 49.5 Å². The molecule has 8 atom stereocenters. The maximum atomic E-state index is 10.8. The molecule has 4 unspecified atom stereocenters. The standard InChI is InChI=1S/C12H7Cl9O/c1-3(2,22)4-5(13)8(16)6(4,14)10(18)7(4,15)9(5,17)11(8,19)12(10,20)21/h22H,1-2H3/t4?,5?,6-,7+,8+,9-,10?,11?. The SMILES string of the molecule is CC(C)(O)C12C3(Cl)[C@@]4(Cl)C5(Cl)C(Cl)(Cl)C(Cl)([C@@]14Cl)[C@@]2(Cl)[C@@]53Cl. The van der Waals surface area contributed by atoms with Gasteiger partial charge in [-0.05, 0) is 13.8 Å². The van der Waals surface area contributed by atoms with E-state index in [0.717, 1.165) is 0 Å². The van der Waals surface area contributed by atoms with E-state index in [2.05, 4.69) is 0 Å². The second kappa shape index (κ2) is 3.07. The summed E-state index contributed by atoms with van der Waals surface area (Å²) in [5, 5.41) is 10.8. The first kappa shape index (κ1) is 16.7. The lowest BCUT2D eigenvalue weighted by Crippen LogP contribution is -3.27. The summed E-state index contributed by atoms with van der Waals surface area (Å²) in [5.74, 6) is 0. The Morgan fingerprint density at radius 1 is 0.545 bits per heavy atom. The molecule has 6 fully saturated rings. The van der Waals surface area contributed by atoms with Crippen molar-refractivity contribution in [1.29, 1.82) is 0 Å². The molecule has 10 heteroatoms. The number of halogens is 9. The van der Waals surface area contributed by atoms with Crippen LogP contribution in [0.1, 0.15) is 13.8 Å². The summed E-state index contributed by atoms with van der Waals surface area (Å²) in [4.78, 5) is -10.6. The predicted molar refractivity (Wildman–Crippen MR) is 93.3 cm³/mol. The van der Waals surface area contributed by atoms with Crippen LogP contribution in [0.4, 0.5) is 0 Å². The Bertz CT molecular complexity index is 682. The fourth-order valence-corrected chi connectivity index (χ4v) is 15.6. The summed E-state index contributed by atoms with van der Waals surface area (Å²) in [5.41, 5.74) is -2.71. The Kier molecular flexibility index (Phi) is 2.33. The van der Waals surface area contributed by atoms with Crippen LogP contribution in [0.3, 0.4) is 0 Å². The molecule has 6 saturated carbocycles. The van der Waals surface area contributed by atoms with Crippen LogP contribution in [0.25, 0.3) is 0 Å². The van der Waals surface area contributed by atoms with Crippen LogP contribution in [-0.4, -0.2) is 49.2 Å². The molecule has 0 aromatic carbocycles. The van der Waals surface area contributed by atoms with Gasteiger partial charge in [0.25, 0.3) is 0 Å². The average Bonchev–Trinajstić information content (AvgIpc) is 2.43. The summed E-state index contributed by atoms with van der Waals surface area (Å²) in [6.07, 6.45) is 0. The van der Waals surface area contributed by atoms with E-state index in [0.29, 0.717) is 0 Å². The highest BCUT2D eigenvalue weighted by atomic mass is 35.5. The van der Waals surface area contributed by atoms with Crippen molar-refractivity contribution in [2.45, 2.75) is 57.9 Å². The first-order chi connectivity index (χ1) is 9.50. The minimum atomic E-state index is -1.82. The maximum Gasteiger partial charge on any atom is 0.163 e. The van der Waals surface area contributed by atoms with Crippen LogP contribution in [0.2, 0.25) is 0 Å². The predicted octanol–water partition coefficient (Wildman–Crippen LogP) is 4.83. The topological polar surface area (TPSA) is 20.2 Å². The van der Waals surface area contributed by atoms with E-state index in [4.69, 9.17) is 104 Å². The van der Waals surface area contributed by atoms with E-state index in [1.807, 2.05) is 0 Å². The molecule has 0 aromatic heterocycles. The van der Waals surface area contributed by atoms with Gasteiger partial charge in [0.05, 0.1) is 11.0 Å². The molecule has 0 heterocycles. The average molecular weight is 486 g/mol. The van der Waals surface area contributed by atoms with Crippen LogP contribution in [0.15, 0.2) is 0 Å². The van der Waals surface area contributed by atoms with Crippen molar-refractivity contribution in [3.63, 3.8) is 0 Å². The van der Waals surface area contributed by atoms with Gasteiger partial charge in [-0.2, -0.15) is 0 Å². The lowest BCUT2D eigenvalue weighted by Gasteiger charge is -3.07. The molecular weight excluding hydrogens is 479 g/mol. The van der Waals surface area contributed by atoms with E-state index in [1.54, 1.807) is 13.8 Å². The molecule has 1 nitrogen and oxygen atoms in total. The summed E-state index contributed by atoms with van der Waals surface area (Å²) < 4.78 is -1.82. The molecule has 2 bridgehead atoms. The zero-order valence-electron chi connectivity index (χ0n) is 10.8. The van der Waals surface area contributed by atoms with Crippen LogP contribution in [-0.2, 0) is 0 Å². The molecule has 124 valence electrons. The van der Waals surface area contributed by atoms with Gasteiger partial charge >= 0.3 is 0 Å². The maximum absolute atomic E-state index is 10.8. The Balaban J connectivity index is 1.99. The number of rotatable bonds is 1. The molecule has 6 aliphatic carbocycles. The number of alkyl halides is 9. The fourth-order valence-electron chi connectivity index (χ4n) is 6.99. The molecule has 0 aliphatic heterocycles. The third kappa shape index (κ3) is 0.635. The molecule has 0 aromatic rings. The number of hydrogen-bond donors (Lipinski definition) is 1. The van der Waals surface area contributed by atoms with Gasteiger partial charge in [0.2, 0.25) is 0 Å². The van der Waals surface area contributed by atoms with Gasteiger partial charge in [0.1, 0.15) is 34.1 Å². The number of hydrogen-bond acceptors (Lipinski definition) is 1. The second-order valence-corrected chi connectivity index (χ2v) is 12.8. The first-order valence-corrected chi connectivity index (χ1v) is 9.83. The fraction of sp³-hybridized carbons (Fsp3) is 1.00. The van der Waals surface area contributed by atoms with Crippen molar-refractivity contribution in [2.24, 2.45) is 5.41 Å². The van der Waals surface area contributed by atoms with Crippen molar-refractivity contribution in [3.8, 4) is 0 Å². The van der Waals surface area contributed by atoms with Crippen molar-refractivity contribution in [1.82, 2.24) is 0 Å². The molecule has 6 aliphatic rings. The van der Waals surface area contributed by atoms with Gasteiger partial charge in [-0.1, -0.05) is 23.2 Å². The minimum Gasteiger partial charge on any atom is -0.390 e. The van der Waals surface area contributed by atoms with E-state index in [9.17, 15) is 5.11 Å². The second-order valence-electron chi connectivity index (χ2n) is 7.49. The van der Waals surface area contributed by atoms with Crippen molar-refractivity contribution in [2.75, 3.05) is 0 Å². The molecule has 6 rings (SSSR count). The lowest BCUT2D eigenvalue weighted by atomic mass is 9.08. The van der Waals surface area contributed by atoms with E-state index >= 15 is 0 Å². The van der Waals surface area contributed by atoms with Gasteiger partial charge in [-0.15, -0.1) is 81.2 Å². The highest BCUT2D eigenvalue weighted by Crippen LogP contribution is 3.19. The lowest BCUT2D eigenvalue weighted by molar-refractivity contribution is -0.396. The van der Waals surface area contributed by atoms with Crippen LogP contribution in [0.5, 0.6) is 0 Å². The third-order valence-corrected chi connectivity index (χ3v) is 15.4. The third-order valence-electron chi connectivity index (χ3n) is 7.13. The Hall–Kier alpha value is 2.57. The molecule has 0 saturated heterocycles. The Labute approximate surface area is 171 Å².